The molecule has 100 valence electrons. The highest BCUT2D eigenvalue weighted by molar-refractivity contribution is 9.10. The van der Waals surface area contributed by atoms with Crippen LogP contribution < -0.4 is 0 Å². The number of rotatable bonds is 5. The smallest absolute Gasteiger partial charge is 0.144 e. The second kappa shape index (κ2) is 5.66. The second-order valence-electron chi connectivity index (χ2n) is 5.29. The van der Waals surface area contributed by atoms with Gasteiger partial charge in [0.15, 0.2) is 0 Å². The van der Waals surface area contributed by atoms with Gasteiger partial charge in [-0.15, -0.1) is 0 Å². The normalized spacial score (nSPS) is 15.7. The summed E-state index contributed by atoms with van der Waals surface area (Å²) in [5.74, 6) is -0.223. The average Bonchev–Trinajstić information content (AvgIpc) is 3.11. The van der Waals surface area contributed by atoms with E-state index in [9.17, 15) is 8.78 Å². The lowest BCUT2D eigenvalue weighted by molar-refractivity contribution is 0.198. The fourth-order valence-corrected chi connectivity index (χ4v) is 2.38. The molecule has 1 fully saturated rings. The topological polar surface area (TPSA) is 3.24 Å². The summed E-state index contributed by atoms with van der Waals surface area (Å²) in [6.45, 7) is 5.40. The van der Waals surface area contributed by atoms with E-state index >= 15 is 0 Å². The highest BCUT2D eigenvalue weighted by Gasteiger charge is 2.26. The zero-order valence-electron chi connectivity index (χ0n) is 10.7. The largest absolute Gasteiger partial charge is 0.296 e. The monoisotopic (exact) mass is 317 g/mol. The lowest BCUT2D eigenvalue weighted by Crippen LogP contribution is -2.33. The first-order chi connectivity index (χ1) is 8.49. The fourth-order valence-electron chi connectivity index (χ4n) is 2.01. The summed E-state index contributed by atoms with van der Waals surface area (Å²) in [5.41, 5.74) is 0.165. The molecule has 1 saturated carbocycles. The van der Waals surface area contributed by atoms with Crippen molar-refractivity contribution >= 4 is 15.9 Å². The molecule has 0 saturated heterocycles. The van der Waals surface area contributed by atoms with Crippen molar-refractivity contribution in [1.29, 1.82) is 0 Å². The molecular weight excluding hydrogens is 300 g/mol. The summed E-state index contributed by atoms with van der Waals surface area (Å²) in [4.78, 5) is 2.14. The number of nitrogens with zero attached hydrogens (tertiary/aromatic N) is 1. The third-order valence-electron chi connectivity index (χ3n) is 3.42. The van der Waals surface area contributed by atoms with Crippen LogP contribution in [0.2, 0.25) is 0 Å². The first-order valence-corrected chi connectivity index (χ1v) is 7.14. The van der Waals surface area contributed by atoms with Crippen LogP contribution in [0.15, 0.2) is 16.6 Å². The van der Waals surface area contributed by atoms with Crippen LogP contribution in [0.3, 0.4) is 0 Å². The molecule has 0 amide bonds. The molecule has 1 aliphatic rings. The molecule has 0 radical (unpaired) electrons. The van der Waals surface area contributed by atoms with E-state index in [2.05, 4.69) is 34.7 Å². The Kier molecular flexibility index (Phi) is 4.38. The molecule has 0 heterocycles. The summed E-state index contributed by atoms with van der Waals surface area (Å²) in [6.07, 6.45) is 2.49. The van der Waals surface area contributed by atoms with Crippen molar-refractivity contribution in [2.75, 3.05) is 6.54 Å². The quantitative estimate of drug-likeness (QED) is 0.730. The molecule has 1 nitrogen and oxygen atoms in total. The minimum Gasteiger partial charge on any atom is -0.296 e. The SMILES string of the molecule is CC(C)N(Cc1c(F)ccc(Br)c1F)CC1CC1. The van der Waals surface area contributed by atoms with Crippen LogP contribution in [-0.2, 0) is 6.54 Å². The van der Waals surface area contributed by atoms with Crippen LogP contribution in [0.1, 0.15) is 32.3 Å². The maximum atomic E-state index is 13.9. The summed E-state index contributed by atoms with van der Waals surface area (Å²) in [6, 6.07) is 3.02. The Labute approximate surface area is 115 Å². The van der Waals surface area contributed by atoms with E-state index in [-0.39, 0.29) is 5.56 Å². The van der Waals surface area contributed by atoms with Crippen LogP contribution >= 0.6 is 15.9 Å². The van der Waals surface area contributed by atoms with E-state index in [1.807, 2.05) is 0 Å². The van der Waals surface area contributed by atoms with Crippen LogP contribution in [0, 0.1) is 17.6 Å². The van der Waals surface area contributed by atoms with Crippen molar-refractivity contribution < 1.29 is 8.78 Å². The number of hydrogen-bond donors (Lipinski definition) is 0. The van der Waals surface area contributed by atoms with E-state index in [0.29, 0.717) is 23.0 Å². The van der Waals surface area contributed by atoms with Gasteiger partial charge in [0.05, 0.1) is 4.47 Å². The van der Waals surface area contributed by atoms with Crippen LogP contribution in [-0.4, -0.2) is 17.5 Å². The standard InChI is InChI=1S/C14H18BrF2N/c1-9(2)18(7-10-3-4-10)8-11-13(16)6-5-12(15)14(11)17/h5-6,9-10H,3-4,7-8H2,1-2H3. The van der Waals surface area contributed by atoms with E-state index in [4.69, 9.17) is 0 Å². The Morgan fingerprint density at radius 3 is 2.56 bits per heavy atom. The van der Waals surface area contributed by atoms with E-state index < -0.39 is 11.6 Å². The van der Waals surface area contributed by atoms with Gasteiger partial charge >= 0.3 is 0 Å². The number of hydrogen-bond acceptors (Lipinski definition) is 1. The zero-order valence-corrected chi connectivity index (χ0v) is 12.3. The van der Waals surface area contributed by atoms with E-state index in [0.717, 1.165) is 6.54 Å². The predicted molar refractivity (Wildman–Crippen MR) is 72.3 cm³/mol. The molecule has 0 bridgehead atoms. The van der Waals surface area contributed by atoms with Crippen molar-refractivity contribution in [3.05, 3.63) is 33.8 Å². The minimum absolute atomic E-state index is 0.165. The third-order valence-corrected chi connectivity index (χ3v) is 4.03. The highest BCUT2D eigenvalue weighted by atomic mass is 79.9. The van der Waals surface area contributed by atoms with Gasteiger partial charge in [-0.2, -0.15) is 0 Å². The van der Waals surface area contributed by atoms with E-state index in [1.165, 1.54) is 25.0 Å². The predicted octanol–water partition coefficient (Wildman–Crippen LogP) is 4.35. The fraction of sp³-hybridized carbons (Fsp3) is 0.571. The van der Waals surface area contributed by atoms with Crippen LogP contribution in [0.25, 0.3) is 0 Å². The molecule has 18 heavy (non-hydrogen) atoms. The van der Waals surface area contributed by atoms with Gasteiger partial charge in [0, 0.05) is 24.7 Å². The van der Waals surface area contributed by atoms with Gasteiger partial charge < -0.3 is 0 Å². The Bertz CT molecular complexity index is 430. The second-order valence-corrected chi connectivity index (χ2v) is 6.14. The number of benzene rings is 1. The lowest BCUT2D eigenvalue weighted by Gasteiger charge is -2.27. The molecule has 0 atom stereocenters. The zero-order chi connectivity index (χ0) is 13.3. The molecule has 0 aromatic heterocycles. The molecule has 0 N–H and O–H groups in total. The Morgan fingerprint density at radius 1 is 1.33 bits per heavy atom. The lowest BCUT2D eigenvalue weighted by atomic mass is 10.1. The summed E-state index contributed by atoms with van der Waals surface area (Å²) >= 11 is 3.11. The summed E-state index contributed by atoms with van der Waals surface area (Å²) in [5, 5.41) is 0. The molecular formula is C14H18BrF2N. The van der Waals surface area contributed by atoms with Gasteiger partial charge in [-0.3, -0.25) is 4.90 Å². The average molecular weight is 318 g/mol. The summed E-state index contributed by atoms with van der Waals surface area (Å²) in [7, 11) is 0. The Morgan fingerprint density at radius 2 is 2.00 bits per heavy atom. The van der Waals surface area contributed by atoms with Crippen molar-refractivity contribution in [3.63, 3.8) is 0 Å². The maximum Gasteiger partial charge on any atom is 0.144 e. The minimum atomic E-state index is -0.476. The van der Waals surface area contributed by atoms with Gasteiger partial charge in [0.25, 0.3) is 0 Å². The van der Waals surface area contributed by atoms with Gasteiger partial charge in [-0.1, -0.05) is 0 Å². The molecule has 0 aliphatic heterocycles. The highest BCUT2D eigenvalue weighted by Crippen LogP contribution is 2.31. The van der Waals surface area contributed by atoms with E-state index in [1.54, 1.807) is 0 Å². The number of halogens is 3. The third kappa shape index (κ3) is 3.29. The Balaban J connectivity index is 2.17. The molecule has 1 aliphatic carbocycles. The molecule has 1 aromatic carbocycles. The first-order valence-electron chi connectivity index (χ1n) is 6.35. The summed E-state index contributed by atoms with van der Waals surface area (Å²) < 4.78 is 28.0. The van der Waals surface area contributed by atoms with Gasteiger partial charge in [0.2, 0.25) is 0 Å². The van der Waals surface area contributed by atoms with Crippen LogP contribution in [0.5, 0.6) is 0 Å². The maximum absolute atomic E-state index is 13.9. The van der Waals surface area contributed by atoms with Crippen molar-refractivity contribution in [2.45, 2.75) is 39.3 Å². The first kappa shape index (κ1) is 13.9. The van der Waals surface area contributed by atoms with Crippen LogP contribution in [0.4, 0.5) is 8.78 Å². The van der Waals surface area contributed by atoms with Crippen molar-refractivity contribution in [2.24, 2.45) is 5.92 Å². The van der Waals surface area contributed by atoms with Crippen molar-refractivity contribution in [3.8, 4) is 0 Å². The molecule has 2 rings (SSSR count). The molecule has 0 spiro atoms. The molecule has 0 unspecified atom stereocenters. The van der Waals surface area contributed by atoms with Gasteiger partial charge in [0.1, 0.15) is 11.6 Å². The van der Waals surface area contributed by atoms with Gasteiger partial charge in [-0.25, -0.2) is 8.78 Å². The Hall–Kier alpha value is -0.480. The molecule has 4 heteroatoms. The molecule has 1 aromatic rings. The van der Waals surface area contributed by atoms with Gasteiger partial charge in [-0.05, 0) is 60.7 Å². The van der Waals surface area contributed by atoms with Crippen molar-refractivity contribution in [1.82, 2.24) is 4.90 Å².